The zero-order chi connectivity index (χ0) is 25.2. The molecule has 1 fully saturated rings. The van der Waals surface area contributed by atoms with Crippen LogP contribution in [0.2, 0.25) is 5.02 Å². The van der Waals surface area contributed by atoms with Crippen LogP contribution in [0.5, 0.6) is 0 Å². The molecule has 188 valence electrons. The monoisotopic (exact) mass is 517 g/mol. The van der Waals surface area contributed by atoms with Crippen molar-refractivity contribution in [2.75, 3.05) is 5.75 Å². The lowest BCUT2D eigenvalue weighted by Crippen LogP contribution is -2.52. The van der Waals surface area contributed by atoms with E-state index in [1.165, 1.54) is 30.3 Å². The number of thioether (sulfide) groups is 1. The molecule has 0 radical (unpaired) electrons. The van der Waals surface area contributed by atoms with Crippen molar-refractivity contribution in [2.45, 2.75) is 69.8 Å². The van der Waals surface area contributed by atoms with Gasteiger partial charge in [0, 0.05) is 35.5 Å². The number of hydrogen-bond donors (Lipinski definition) is 1. The summed E-state index contributed by atoms with van der Waals surface area (Å²) in [5.74, 6) is 0.543. The van der Waals surface area contributed by atoms with Gasteiger partial charge < -0.3 is 10.2 Å². The fraction of sp³-hybridized carbons (Fsp3) is 0.462. The minimum Gasteiger partial charge on any atom is -0.352 e. The Morgan fingerprint density at radius 3 is 2.31 bits per heavy atom. The van der Waals surface area contributed by atoms with Crippen molar-refractivity contribution < 1.29 is 14.5 Å². The van der Waals surface area contributed by atoms with E-state index in [0.29, 0.717) is 23.7 Å². The second-order valence-corrected chi connectivity index (χ2v) is 10.3. The van der Waals surface area contributed by atoms with Gasteiger partial charge in [-0.25, -0.2) is 0 Å². The molecule has 1 aliphatic rings. The van der Waals surface area contributed by atoms with E-state index >= 15 is 0 Å². The maximum atomic E-state index is 13.4. The first-order chi connectivity index (χ1) is 16.9. The Balaban J connectivity index is 1.67. The predicted molar refractivity (Wildman–Crippen MR) is 140 cm³/mol. The van der Waals surface area contributed by atoms with Crippen molar-refractivity contribution in [2.24, 2.45) is 0 Å². The van der Waals surface area contributed by atoms with E-state index in [9.17, 15) is 19.7 Å². The molecule has 35 heavy (non-hydrogen) atoms. The maximum Gasteiger partial charge on any atom is 0.269 e. The van der Waals surface area contributed by atoms with E-state index in [1.807, 2.05) is 19.1 Å². The highest BCUT2D eigenvalue weighted by atomic mass is 35.5. The number of nitrogens with zero attached hydrogens (tertiary/aromatic N) is 2. The quantitative estimate of drug-likeness (QED) is 0.303. The number of carbonyl (C=O) groups is 2. The Bertz CT molecular complexity index is 995. The second kappa shape index (κ2) is 13.5. The normalized spacial score (nSPS) is 14.8. The van der Waals surface area contributed by atoms with Crippen LogP contribution in [0.3, 0.4) is 0 Å². The van der Waals surface area contributed by atoms with Gasteiger partial charge in [0.05, 0.1) is 10.7 Å². The number of benzene rings is 2. The van der Waals surface area contributed by atoms with Crippen molar-refractivity contribution in [3.8, 4) is 0 Å². The van der Waals surface area contributed by atoms with Crippen LogP contribution in [0.4, 0.5) is 5.69 Å². The topological polar surface area (TPSA) is 92.6 Å². The molecule has 0 heterocycles. The first kappa shape index (κ1) is 27.0. The number of nitro groups is 1. The highest BCUT2D eigenvalue weighted by Gasteiger charge is 2.30. The van der Waals surface area contributed by atoms with Crippen LogP contribution in [0.1, 0.15) is 56.6 Å². The molecule has 2 aromatic carbocycles. The van der Waals surface area contributed by atoms with Crippen LogP contribution in [0.25, 0.3) is 0 Å². The zero-order valence-corrected chi connectivity index (χ0v) is 21.5. The third-order valence-electron chi connectivity index (χ3n) is 6.25. The molecule has 1 atom stereocenters. The molecule has 0 aliphatic heterocycles. The molecule has 1 aliphatic carbocycles. The zero-order valence-electron chi connectivity index (χ0n) is 20.0. The van der Waals surface area contributed by atoms with Crippen molar-refractivity contribution in [3.05, 3.63) is 74.8 Å². The summed E-state index contributed by atoms with van der Waals surface area (Å²) in [4.78, 5) is 38.7. The van der Waals surface area contributed by atoms with Gasteiger partial charge in [0.2, 0.25) is 11.8 Å². The summed E-state index contributed by atoms with van der Waals surface area (Å²) < 4.78 is 0. The van der Waals surface area contributed by atoms with Crippen molar-refractivity contribution in [3.63, 3.8) is 0 Å². The molecule has 7 nitrogen and oxygen atoms in total. The Hall–Kier alpha value is -2.58. The van der Waals surface area contributed by atoms with E-state index in [2.05, 4.69) is 5.32 Å². The lowest BCUT2D eigenvalue weighted by atomic mass is 9.95. The summed E-state index contributed by atoms with van der Waals surface area (Å²) in [6, 6.07) is 13.3. The fourth-order valence-electron chi connectivity index (χ4n) is 4.30. The average molecular weight is 518 g/mol. The molecule has 9 heteroatoms. The number of rotatable bonds is 11. The number of hydrogen-bond acceptors (Lipinski definition) is 5. The number of carbonyl (C=O) groups excluding carboxylic acids is 2. The lowest BCUT2D eigenvalue weighted by Gasteiger charge is -2.32. The SMILES string of the molecule is CC[C@@H](C(=O)NC1CCCCC1)N(Cc1ccc(Cl)cc1)C(=O)CSCc1ccc([N+](=O)[O-])cc1. The van der Waals surface area contributed by atoms with Gasteiger partial charge in [-0.2, -0.15) is 0 Å². The minimum absolute atomic E-state index is 0.0405. The van der Waals surface area contributed by atoms with Gasteiger partial charge in [-0.05, 0) is 42.5 Å². The number of nitrogens with one attached hydrogen (secondary N) is 1. The Kier molecular flexibility index (Phi) is 10.4. The van der Waals surface area contributed by atoms with Gasteiger partial charge >= 0.3 is 0 Å². The van der Waals surface area contributed by atoms with Crippen LogP contribution >= 0.6 is 23.4 Å². The summed E-state index contributed by atoms with van der Waals surface area (Å²) in [6.45, 7) is 2.25. The third kappa shape index (κ3) is 8.25. The van der Waals surface area contributed by atoms with Gasteiger partial charge in [0.25, 0.3) is 5.69 Å². The second-order valence-electron chi connectivity index (χ2n) is 8.83. The third-order valence-corrected chi connectivity index (χ3v) is 7.49. The van der Waals surface area contributed by atoms with Gasteiger partial charge in [-0.1, -0.05) is 62.1 Å². The average Bonchev–Trinajstić information content (AvgIpc) is 2.86. The highest BCUT2D eigenvalue weighted by Crippen LogP contribution is 2.21. The number of halogens is 1. The summed E-state index contributed by atoms with van der Waals surface area (Å²) in [6.07, 6.45) is 5.93. The standard InChI is InChI=1S/C26H32ClN3O4S/c1-2-24(26(32)28-22-6-4-3-5-7-22)29(16-19-8-12-21(27)13-9-19)25(31)18-35-17-20-10-14-23(15-11-20)30(33)34/h8-15,22,24H,2-7,16-18H2,1H3,(H,28,32)/t24-/m0/s1. The summed E-state index contributed by atoms with van der Waals surface area (Å²) in [7, 11) is 0. The van der Waals surface area contributed by atoms with Crippen LogP contribution in [0, 0.1) is 10.1 Å². The van der Waals surface area contributed by atoms with Gasteiger partial charge in [0.1, 0.15) is 6.04 Å². The van der Waals surface area contributed by atoms with E-state index in [0.717, 1.165) is 36.8 Å². The molecule has 2 amide bonds. The maximum absolute atomic E-state index is 13.4. The predicted octanol–water partition coefficient (Wildman–Crippen LogP) is 5.74. The largest absolute Gasteiger partial charge is 0.352 e. The van der Waals surface area contributed by atoms with E-state index in [4.69, 9.17) is 11.6 Å². The first-order valence-electron chi connectivity index (χ1n) is 12.0. The molecule has 0 unspecified atom stereocenters. The summed E-state index contributed by atoms with van der Waals surface area (Å²) in [5, 5.41) is 14.6. The molecular weight excluding hydrogens is 486 g/mol. The molecule has 3 rings (SSSR count). The van der Waals surface area contributed by atoms with Gasteiger partial charge in [0.15, 0.2) is 0 Å². The Morgan fingerprint density at radius 2 is 1.71 bits per heavy atom. The van der Waals surface area contributed by atoms with Gasteiger partial charge in [-0.3, -0.25) is 19.7 Å². The van der Waals surface area contributed by atoms with Gasteiger partial charge in [-0.15, -0.1) is 11.8 Å². The molecule has 0 spiro atoms. The fourth-order valence-corrected chi connectivity index (χ4v) is 5.30. The first-order valence-corrected chi connectivity index (χ1v) is 13.6. The van der Waals surface area contributed by atoms with Crippen molar-refractivity contribution >= 4 is 40.9 Å². The van der Waals surface area contributed by atoms with Crippen molar-refractivity contribution in [1.29, 1.82) is 0 Å². The van der Waals surface area contributed by atoms with E-state index in [-0.39, 0.29) is 29.3 Å². The Morgan fingerprint density at radius 1 is 1.09 bits per heavy atom. The highest BCUT2D eigenvalue weighted by molar-refractivity contribution is 7.99. The van der Waals surface area contributed by atoms with E-state index in [1.54, 1.807) is 29.2 Å². The van der Waals surface area contributed by atoms with E-state index < -0.39 is 11.0 Å². The molecule has 2 aromatic rings. The number of non-ortho nitro benzene ring substituents is 1. The minimum atomic E-state index is -0.555. The molecular formula is C26H32ClN3O4S. The molecule has 0 aromatic heterocycles. The summed E-state index contributed by atoms with van der Waals surface area (Å²) >= 11 is 7.46. The molecule has 0 saturated heterocycles. The Labute approximate surface area is 215 Å². The van der Waals surface area contributed by atoms with Crippen LogP contribution in [-0.4, -0.2) is 39.5 Å². The van der Waals surface area contributed by atoms with Crippen molar-refractivity contribution in [1.82, 2.24) is 10.2 Å². The molecule has 1 saturated carbocycles. The smallest absolute Gasteiger partial charge is 0.269 e. The van der Waals surface area contributed by atoms with Crippen LogP contribution < -0.4 is 5.32 Å². The molecule has 1 N–H and O–H groups in total. The lowest BCUT2D eigenvalue weighted by molar-refractivity contribution is -0.384. The number of amides is 2. The summed E-state index contributed by atoms with van der Waals surface area (Å²) in [5.41, 5.74) is 1.85. The van der Waals surface area contributed by atoms with Crippen LogP contribution in [-0.2, 0) is 21.9 Å². The number of nitro benzene ring substituents is 1. The van der Waals surface area contributed by atoms with Crippen LogP contribution in [0.15, 0.2) is 48.5 Å². The molecule has 0 bridgehead atoms.